The minimum Gasteiger partial charge on any atom is -0.385 e. The molecule has 2 heteroatoms. The van der Waals surface area contributed by atoms with E-state index in [2.05, 4.69) is 69.2 Å². The van der Waals surface area contributed by atoms with Gasteiger partial charge in [0.15, 0.2) is 0 Å². The molecule has 0 saturated carbocycles. The topological polar surface area (TPSA) is 15.3 Å². The van der Waals surface area contributed by atoms with Crippen LogP contribution in [-0.2, 0) is 0 Å². The second-order valence-corrected chi connectivity index (χ2v) is 5.03. The average Bonchev–Trinajstić information content (AvgIpc) is 2.25. The van der Waals surface area contributed by atoms with Gasteiger partial charge in [-0.05, 0) is 38.0 Å². The van der Waals surface area contributed by atoms with Gasteiger partial charge in [-0.25, -0.2) is 0 Å². The zero-order chi connectivity index (χ0) is 12.1. The largest absolute Gasteiger partial charge is 0.385 e. The quantitative estimate of drug-likeness (QED) is 0.815. The number of hydrogen-bond acceptors (Lipinski definition) is 2. The maximum atomic E-state index is 3.45. The van der Waals surface area contributed by atoms with Crippen LogP contribution in [0.4, 0.5) is 11.4 Å². The fraction of sp³-hybridized carbons (Fsp3) is 0.571. The Labute approximate surface area is 99.7 Å². The molecule has 0 aliphatic heterocycles. The second kappa shape index (κ2) is 5.78. The lowest BCUT2D eigenvalue weighted by molar-refractivity contribution is 0.689. The van der Waals surface area contributed by atoms with Crippen LogP contribution in [0, 0.1) is 5.92 Å². The smallest absolute Gasteiger partial charge is 0.0386 e. The van der Waals surface area contributed by atoms with Crippen molar-refractivity contribution in [2.24, 2.45) is 5.92 Å². The molecule has 0 spiro atoms. The van der Waals surface area contributed by atoms with Crippen molar-refractivity contribution in [3.05, 3.63) is 24.3 Å². The van der Waals surface area contributed by atoms with Crippen molar-refractivity contribution in [2.75, 3.05) is 23.8 Å². The Kier molecular flexibility index (Phi) is 4.66. The van der Waals surface area contributed by atoms with Gasteiger partial charge in [-0.1, -0.05) is 19.9 Å². The molecule has 0 fully saturated rings. The lowest BCUT2D eigenvalue weighted by Crippen LogP contribution is -2.25. The van der Waals surface area contributed by atoms with Gasteiger partial charge in [-0.3, -0.25) is 0 Å². The van der Waals surface area contributed by atoms with Crippen LogP contribution in [0.1, 0.15) is 27.7 Å². The van der Waals surface area contributed by atoms with E-state index in [-0.39, 0.29) is 0 Å². The summed E-state index contributed by atoms with van der Waals surface area (Å²) in [5.41, 5.74) is 2.47. The van der Waals surface area contributed by atoms with Crippen LogP contribution in [0.15, 0.2) is 24.3 Å². The van der Waals surface area contributed by atoms with Crippen molar-refractivity contribution in [1.82, 2.24) is 0 Å². The highest BCUT2D eigenvalue weighted by Crippen LogP contribution is 2.20. The minimum atomic E-state index is 0.528. The molecule has 0 aromatic heterocycles. The molecule has 0 atom stereocenters. The lowest BCUT2D eigenvalue weighted by atomic mass is 10.2. The Bertz CT molecular complexity index is 318. The Morgan fingerprint density at radius 1 is 1.19 bits per heavy atom. The molecular formula is C14H24N2. The molecule has 1 N–H and O–H groups in total. The number of nitrogens with one attached hydrogen (secondary N) is 1. The zero-order valence-electron chi connectivity index (χ0n) is 11.1. The van der Waals surface area contributed by atoms with Crippen molar-refractivity contribution in [3.63, 3.8) is 0 Å². The summed E-state index contributed by atoms with van der Waals surface area (Å²) in [4.78, 5) is 2.28. The Hall–Kier alpha value is -1.18. The molecular weight excluding hydrogens is 196 g/mol. The Morgan fingerprint density at radius 2 is 1.88 bits per heavy atom. The van der Waals surface area contributed by atoms with Gasteiger partial charge in [0.05, 0.1) is 0 Å². The predicted octanol–water partition coefficient (Wildman–Crippen LogP) is 3.60. The summed E-state index contributed by atoms with van der Waals surface area (Å²) in [5.74, 6) is 0.673. The third kappa shape index (κ3) is 3.76. The number of rotatable bonds is 5. The van der Waals surface area contributed by atoms with Gasteiger partial charge in [0.2, 0.25) is 0 Å². The van der Waals surface area contributed by atoms with Crippen molar-refractivity contribution >= 4 is 11.4 Å². The van der Waals surface area contributed by atoms with Gasteiger partial charge in [-0.2, -0.15) is 0 Å². The summed E-state index contributed by atoms with van der Waals surface area (Å²) in [6.07, 6.45) is 0. The first kappa shape index (κ1) is 12.9. The molecule has 2 nitrogen and oxygen atoms in total. The summed E-state index contributed by atoms with van der Waals surface area (Å²) in [7, 11) is 2.13. The molecule has 16 heavy (non-hydrogen) atoms. The van der Waals surface area contributed by atoms with Crippen molar-refractivity contribution in [2.45, 2.75) is 33.7 Å². The predicted molar refractivity (Wildman–Crippen MR) is 73.3 cm³/mol. The van der Waals surface area contributed by atoms with E-state index < -0.39 is 0 Å². The standard InChI is InChI=1S/C14H24N2/c1-11(2)10-15-13-7-6-8-14(9-13)16(5)12(3)4/h6-9,11-12,15H,10H2,1-5H3. The van der Waals surface area contributed by atoms with E-state index in [1.54, 1.807) is 0 Å². The van der Waals surface area contributed by atoms with Crippen molar-refractivity contribution in [1.29, 1.82) is 0 Å². The molecule has 0 aliphatic rings. The highest BCUT2D eigenvalue weighted by Gasteiger charge is 2.05. The zero-order valence-corrected chi connectivity index (χ0v) is 11.1. The van der Waals surface area contributed by atoms with Crippen LogP contribution in [0.5, 0.6) is 0 Å². The molecule has 90 valence electrons. The van der Waals surface area contributed by atoms with Gasteiger partial charge in [-0.15, -0.1) is 0 Å². The minimum absolute atomic E-state index is 0.528. The molecule has 0 amide bonds. The summed E-state index contributed by atoms with van der Waals surface area (Å²) in [6, 6.07) is 9.13. The number of nitrogens with zero attached hydrogens (tertiary/aromatic N) is 1. The molecule has 0 aliphatic carbocycles. The van der Waals surface area contributed by atoms with E-state index in [9.17, 15) is 0 Å². The number of benzene rings is 1. The number of anilines is 2. The van der Waals surface area contributed by atoms with Crippen LogP contribution in [0.3, 0.4) is 0 Å². The van der Waals surface area contributed by atoms with Crippen molar-refractivity contribution < 1.29 is 0 Å². The molecule has 0 unspecified atom stereocenters. The summed E-state index contributed by atoms with van der Waals surface area (Å²) >= 11 is 0. The highest BCUT2D eigenvalue weighted by atomic mass is 15.1. The maximum Gasteiger partial charge on any atom is 0.0386 e. The molecule has 0 heterocycles. The van der Waals surface area contributed by atoms with Gasteiger partial charge in [0, 0.05) is 31.0 Å². The first-order chi connectivity index (χ1) is 7.50. The fourth-order valence-electron chi connectivity index (χ4n) is 1.46. The van der Waals surface area contributed by atoms with Gasteiger partial charge in [0.25, 0.3) is 0 Å². The van der Waals surface area contributed by atoms with E-state index in [1.807, 2.05) is 0 Å². The summed E-state index contributed by atoms with van der Waals surface area (Å²) in [6.45, 7) is 9.87. The third-order valence-corrected chi connectivity index (χ3v) is 2.74. The van der Waals surface area contributed by atoms with Gasteiger partial charge >= 0.3 is 0 Å². The normalized spacial score (nSPS) is 10.9. The van der Waals surface area contributed by atoms with Crippen LogP contribution in [-0.4, -0.2) is 19.6 Å². The van der Waals surface area contributed by atoms with E-state index >= 15 is 0 Å². The van der Waals surface area contributed by atoms with E-state index in [0.717, 1.165) is 6.54 Å². The van der Waals surface area contributed by atoms with Gasteiger partial charge in [0.1, 0.15) is 0 Å². The fourth-order valence-corrected chi connectivity index (χ4v) is 1.46. The van der Waals surface area contributed by atoms with Crippen molar-refractivity contribution in [3.8, 4) is 0 Å². The van der Waals surface area contributed by atoms with Crippen LogP contribution >= 0.6 is 0 Å². The summed E-state index contributed by atoms with van der Waals surface area (Å²) in [5, 5.41) is 3.45. The SMILES string of the molecule is CC(C)CNc1cccc(N(C)C(C)C)c1. The lowest BCUT2D eigenvalue weighted by Gasteiger charge is -2.24. The molecule has 0 radical (unpaired) electrons. The summed E-state index contributed by atoms with van der Waals surface area (Å²) < 4.78 is 0. The van der Waals surface area contributed by atoms with Crippen LogP contribution in [0.2, 0.25) is 0 Å². The van der Waals surface area contributed by atoms with Crippen LogP contribution in [0.25, 0.3) is 0 Å². The second-order valence-electron chi connectivity index (χ2n) is 5.03. The van der Waals surface area contributed by atoms with E-state index in [4.69, 9.17) is 0 Å². The molecule has 0 bridgehead atoms. The Balaban J connectivity index is 2.71. The molecule has 0 saturated heterocycles. The molecule has 1 rings (SSSR count). The van der Waals surface area contributed by atoms with E-state index in [0.29, 0.717) is 12.0 Å². The number of hydrogen-bond donors (Lipinski definition) is 1. The maximum absolute atomic E-state index is 3.45. The first-order valence-electron chi connectivity index (χ1n) is 6.07. The monoisotopic (exact) mass is 220 g/mol. The first-order valence-corrected chi connectivity index (χ1v) is 6.07. The average molecular weight is 220 g/mol. The molecule has 1 aromatic carbocycles. The highest BCUT2D eigenvalue weighted by molar-refractivity contribution is 5.58. The van der Waals surface area contributed by atoms with Crippen LogP contribution < -0.4 is 10.2 Å². The Morgan fingerprint density at radius 3 is 2.44 bits per heavy atom. The third-order valence-electron chi connectivity index (χ3n) is 2.74. The van der Waals surface area contributed by atoms with E-state index in [1.165, 1.54) is 11.4 Å². The molecule has 1 aromatic rings. The van der Waals surface area contributed by atoms with Gasteiger partial charge < -0.3 is 10.2 Å².